The van der Waals surface area contributed by atoms with Crippen molar-refractivity contribution in [3.05, 3.63) is 65.6 Å². The number of hydrogen-bond acceptors (Lipinski definition) is 7. The van der Waals surface area contributed by atoms with Crippen molar-refractivity contribution in [2.75, 3.05) is 26.3 Å². The summed E-state index contributed by atoms with van der Waals surface area (Å²) in [4.78, 5) is 16.4. The first-order valence-corrected chi connectivity index (χ1v) is 14.9. The van der Waals surface area contributed by atoms with E-state index in [0.717, 1.165) is 50.0 Å². The minimum absolute atomic E-state index is 0.0118. The monoisotopic (exact) mass is 593 g/mol. The maximum Gasteiger partial charge on any atom is 0.317 e. The third kappa shape index (κ3) is 4.22. The lowest BCUT2D eigenvalue weighted by Crippen LogP contribution is -2.43. The fraction of sp³-hybridized carbons (Fsp3) is 0.324. The molecule has 1 N–H and O–H groups in total. The van der Waals surface area contributed by atoms with E-state index < -0.39 is 11.6 Å². The number of fused-ring (bicyclic) bond motifs is 4. The van der Waals surface area contributed by atoms with Crippen LogP contribution in [0.4, 0.5) is 8.78 Å². The molecule has 3 aliphatic heterocycles. The summed E-state index contributed by atoms with van der Waals surface area (Å²) in [6.45, 7) is 4.30. The van der Waals surface area contributed by atoms with Crippen LogP contribution < -0.4 is 4.74 Å². The Labute approximate surface area is 252 Å². The van der Waals surface area contributed by atoms with Crippen LogP contribution in [0.5, 0.6) is 11.8 Å². The molecule has 222 valence electrons. The Morgan fingerprint density at radius 3 is 2.70 bits per heavy atom. The zero-order chi connectivity index (χ0) is 30.0. The SMILES string of the molecule is C#Cc1c(F)ccc2cc(O)cc(-c3ncc4c(-c5cc6n(c5)CCOC6)nc(OCC56CCCN5CCC6)nc4c3F)c12. The van der Waals surface area contributed by atoms with E-state index in [4.69, 9.17) is 20.9 Å². The summed E-state index contributed by atoms with van der Waals surface area (Å²) in [7, 11) is 0. The maximum atomic E-state index is 16.7. The lowest BCUT2D eigenvalue weighted by atomic mass is 9.95. The molecule has 0 saturated carbocycles. The van der Waals surface area contributed by atoms with Gasteiger partial charge in [-0.25, -0.2) is 8.78 Å². The van der Waals surface area contributed by atoms with Gasteiger partial charge in [0, 0.05) is 46.5 Å². The molecule has 0 spiro atoms. The topological polar surface area (TPSA) is 85.5 Å². The van der Waals surface area contributed by atoms with Crippen molar-refractivity contribution in [3.63, 3.8) is 0 Å². The molecule has 10 heteroatoms. The Hall–Kier alpha value is -4.59. The normalized spacial score (nSPS) is 17.6. The number of rotatable bonds is 5. The predicted molar refractivity (Wildman–Crippen MR) is 161 cm³/mol. The third-order valence-electron chi connectivity index (χ3n) is 9.38. The third-order valence-corrected chi connectivity index (χ3v) is 9.38. The average molecular weight is 594 g/mol. The van der Waals surface area contributed by atoms with Crippen molar-refractivity contribution in [2.24, 2.45) is 0 Å². The van der Waals surface area contributed by atoms with Gasteiger partial charge in [-0.2, -0.15) is 9.97 Å². The molecule has 0 unspecified atom stereocenters. The highest BCUT2D eigenvalue weighted by atomic mass is 19.1. The Bertz CT molecular complexity index is 1980. The standard InChI is InChI=1S/C34H29F2N5O3/c1-2-24-27(35)6-5-20-14-23(42)15-25(28(20)24)31-29(36)32-26(16-37-31)30(21-13-22-18-43-12-11-40(22)17-21)38-33(39-32)44-19-34-7-3-9-41(34)10-4-8-34/h1,5-6,13-17,42H,3-4,7-12,18-19H2. The van der Waals surface area contributed by atoms with E-state index in [1.54, 1.807) is 0 Å². The molecule has 2 aromatic carbocycles. The van der Waals surface area contributed by atoms with Gasteiger partial charge in [-0.1, -0.05) is 12.0 Å². The van der Waals surface area contributed by atoms with Gasteiger partial charge in [0.2, 0.25) is 0 Å². The summed E-state index contributed by atoms with van der Waals surface area (Å²) in [5, 5.41) is 11.7. The molecule has 0 radical (unpaired) electrons. The van der Waals surface area contributed by atoms with Gasteiger partial charge in [-0.05, 0) is 68.4 Å². The lowest BCUT2D eigenvalue weighted by molar-refractivity contribution is 0.0850. The van der Waals surface area contributed by atoms with E-state index in [1.807, 2.05) is 12.3 Å². The number of pyridine rings is 1. The van der Waals surface area contributed by atoms with Crippen molar-refractivity contribution < 1.29 is 23.4 Å². The van der Waals surface area contributed by atoms with Gasteiger partial charge in [0.1, 0.15) is 29.4 Å². The molecule has 2 fully saturated rings. The quantitative estimate of drug-likeness (QED) is 0.257. The van der Waals surface area contributed by atoms with Gasteiger partial charge in [-0.3, -0.25) is 9.88 Å². The van der Waals surface area contributed by atoms with E-state index in [9.17, 15) is 9.50 Å². The van der Waals surface area contributed by atoms with Gasteiger partial charge in [0.15, 0.2) is 5.82 Å². The number of halogens is 2. The van der Waals surface area contributed by atoms with Crippen LogP contribution in [0, 0.1) is 24.0 Å². The lowest BCUT2D eigenvalue weighted by Gasteiger charge is -2.31. The highest BCUT2D eigenvalue weighted by molar-refractivity contribution is 6.03. The van der Waals surface area contributed by atoms with Crippen molar-refractivity contribution in [3.8, 4) is 46.6 Å². The number of hydrogen-bond donors (Lipinski definition) is 1. The largest absolute Gasteiger partial charge is 0.508 e. The molecular formula is C34H29F2N5O3. The van der Waals surface area contributed by atoms with Crippen LogP contribution in [0.2, 0.25) is 0 Å². The van der Waals surface area contributed by atoms with E-state index in [1.165, 1.54) is 30.5 Å². The predicted octanol–water partition coefficient (Wildman–Crippen LogP) is 5.82. The Morgan fingerprint density at radius 2 is 1.91 bits per heavy atom. The summed E-state index contributed by atoms with van der Waals surface area (Å²) in [5.41, 5.74) is 2.23. The number of aromatic nitrogens is 4. The Morgan fingerprint density at radius 1 is 1.07 bits per heavy atom. The van der Waals surface area contributed by atoms with Gasteiger partial charge in [0.05, 0.1) is 30.0 Å². The van der Waals surface area contributed by atoms with E-state index in [-0.39, 0.29) is 45.0 Å². The fourth-order valence-corrected chi connectivity index (χ4v) is 7.27. The van der Waals surface area contributed by atoms with Crippen molar-refractivity contribution in [1.29, 1.82) is 0 Å². The van der Waals surface area contributed by atoms with Crippen LogP contribution in [0.3, 0.4) is 0 Å². The van der Waals surface area contributed by atoms with Crippen LogP contribution in [0.1, 0.15) is 36.9 Å². The molecule has 0 amide bonds. The maximum absolute atomic E-state index is 16.7. The molecule has 3 aliphatic rings. The summed E-state index contributed by atoms with van der Waals surface area (Å²) in [6, 6.07) is 7.58. The zero-order valence-corrected chi connectivity index (χ0v) is 23.9. The van der Waals surface area contributed by atoms with E-state index >= 15 is 4.39 Å². The Kier molecular flexibility index (Phi) is 6.29. The summed E-state index contributed by atoms with van der Waals surface area (Å²) >= 11 is 0. The van der Waals surface area contributed by atoms with Crippen molar-refractivity contribution >= 4 is 21.7 Å². The number of ether oxygens (including phenoxy) is 2. The van der Waals surface area contributed by atoms with Crippen LogP contribution in [-0.4, -0.2) is 61.4 Å². The van der Waals surface area contributed by atoms with Crippen molar-refractivity contribution in [2.45, 2.75) is 44.4 Å². The summed E-state index contributed by atoms with van der Waals surface area (Å²) in [6.07, 6.45) is 13.5. The Balaban J connectivity index is 1.31. The van der Waals surface area contributed by atoms with Crippen LogP contribution in [0.25, 0.3) is 44.2 Å². The zero-order valence-electron chi connectivity index (χ0n) is 23.9. The number of aromatic hydroxyl groups is 1. The molecular weight excluding hydrogens is 564 g/mol. The van der Waals surface area contributed by atoms with Crippen LogP contribution in [-0.2, 0) is 17.9 Å². The average Bonchev–Trinajstić information content (AvgIpc) is 3.74. The highest BCUT2D eigenvalue weighted by Crippen LogP contribution is 2.41. The second-order valence-corrected chi connectivity index (χ2v) is 11.9. The van der Waals surface area contributed by atoms with Gasteiger partial charge in [-0.15, -0.1) is 6.42 Å². The molecule has 6 heterocycles. The molecule has 0 aliphatic carbocycles. The first-order valence-electron chi connectivity index (χ1n) is 14.9. The van der Waals surface area contributed by atoms with Crippen LogP contribution >= 0.6 is 0 Å². The highest BCUT2D eigenvalue weighted by Gasteiger charge is 2.45. The number of terminal acetylenes is 1. The number of benzene rings is 2. The van der Waals surface area contributed by atoms with Crippen LogP contribution in [0.15, 0.2) is 42.7 Å². The first kappa shape index (κ1) is 27.0. The molecule has 5 aromatic rings. The van der Waals surface area contributed by atoms with Crippen molar-refractivity contribution in [1.82, 2.24) is 24.4 Å². The molecule has 0 bridgehead atoms. The second kappa shape index (κ2) is 10.3. The molecule has 0 atom stereocenters. The number of phenolic OH excluding ortho intramolecular Hbond substituents is 1. The molecule has 3 aromatic heterocycles. The smallest absolute Gasteiger partial charge is 0.317 e. The number of phenols is 1. The molecule has 2 saturated heterocycles. The minimum atomic E-state index is -0.746. The van der Waals surface area contributed by atoms with E-state index in [2.05, 4.69) is 25.4 Å². The van der Waals surface area contributed by atoms with Gasteiger partial charge < -0.3 is 19.1 Å². The summed E-state index contributed by atoms with van der Waals surface area (Å²) in [5.74, 6) is 0.881. The van der Waals surface area contributed by atoms with Gasteiger partial charge in [0.25, 0.3) is 0 Å². The van der Waals surface area contributed by atoms with E-state index in [0.29, 0.717) is 42.8 Å². The first-order chi connectivity index (χ1) is 21.4. The molecule has 44 heavy (non-hydrogen) atoms. The number of nitrogens with zero attached hydrogens (tertiary/aromatic N) is 5. The summed E-state index contributed by atoms with van der Waals surface area (Å²) < 4.78 is 45.6. The molecule has 8 nitrogen and oxygen atoms in total. The molecule has 8 rings (SSSR count). The second-order valence-electron chi connectivity index (χ2n) is 11.9. The van der Waals surface area contributed by atoms with Gasteiger partial charge >= 0.3 is 6.01 Å². The fourth-order valence-electron chi connectivity index (χ4n) is 7.27. The minimum Gasteiger partial charge on any atom is -0.508 e.